The predicted molar refractivity (Wildman–Crippen MR) is 330 cm³/mol. The van der Waals surface area contributed by atoms with Gasteiger partial charge in [-0.3, -0.25) is 4.98 Å². The number of hydrogen-bond acceptors (Lipinski definition) is 2. The van der Waals surface area contributed by atoms with Crippen LogP contribution in [0.25, 0.3) is 142 Å². The minimum absolute atomic E-state index is 0.254. The summed E-state index contributed by atoms with van der Waals surface area (Å²) in [5.41, 5.74) is 22.4. The Bertz CT molecular complexity index is 4770. The molecule has 14 rings (SSSR count). The summed E-state index contributed by atoms with van der Waals surface area (Å²) in [6.45, 7) is 13.2. The van der Waals surface area contributed by atoms with Gasteiger partial charge < -0.3 is 0 Å². The Morgan fingerprint density at radius 1 is 0.260 bits per heavy atom. The van der Waals surface area contributed by atoms with Crippen LogP contribution in [0.2, 0.25) is 0 Å². The molecule has 1 aromatic heterocycles. The number of aromatic nitrogens is 2. The van der Waals surface area contributed by atoms with Crippen LogP contribution in [0.4, 0.5) is 0 Å². The molecule has 0 fully saturated rings. The first-order valence-electron chi connectivity index (χ1n) is 27.0. The van der Waals surface area contributed by atoms with E-state index < -0.39 is 0 Å². The Balaban J connectivity index is 0.840. The van der Waals surface area contributed by atoms with Gasteiger partial charge in [-0.15, -0.1) is 0 Å². The summed E-state index contributed by atoms with van der Waals surface area (Å²) in [7, 11) is 0. The van der Waals surface area contributed by atoms with Gasteiger partial charge in [0.05, 0.1) is 16.7 Å². The lowest BCUT2D eigenvalue weighted by atomic mass is 9.91. The van der Waals surface area contributed by atoms with E-state index in [0.29, 0.717) is 0 Å². The standard InChI is InChI=1S/C75H56N2/c1-44(2)73-43-76-74-65-29-27-61(57-17-9-13-53(37-57)51-11-7-15-55(35-51)59-23-19-49-21-25-63-31-45(3)47(5)33-67(63)69(49)39-59)41-71(65)72-42-62(28-30-66(72)75(74)77-73)58-18-10-14-54(38-58)52-12-8-16-56(36-52)60-24-20-50-22-26-64-32-46(4)48(6)34-68(64)70(50)40-60/h7-44H,1-6H3. The minimum Gasteiger partial charge on any atom is -0.252 e. The number of nitrogens with zero attached hydrogens (tertiary/aromatic N) is 2. The van der Waals surface area contributed by atoms with Crippen LogP contribution in [-0.2, 0) is 0 Å². The molecule has 0 aliphatic carbocycles. The third kappa shape index (κ3) is 8.11. The van der Waals surface area contributed by atoms with Crippen molar-refractivity contribution >= 4 is 75.7 Å². The van der Waals surface area contributed by atoms with Crippen molar-refractivity contribution in [3.63, 3.8) is 0 Å². The molecule has 0 aliphatic rings. The van der Waals surface area contributed by atoms with Crippen molar-refractivity contribution in [2.45, 2.75) is 47.5 Å². The number of fused-ring (bicyclic) bond motifs is 12. The molecule has 0 saturated carbocycles. The molecule has 366 valence electrons. The zero-order chi connectivity index (χ0) is 52.1. The summed E-state index contributed by atoms with van der Waals surface area (Å²) < 4.78 is 0. The third-order valence-corrected chi connectivity index (χ3v) is 16.6. The highest BCUT2D eigenvalue weighted by molar-refractivity contribution is 6.24. The van der Waals surface area contributed by atoms with Crippen LogP contribution in [-0.4, -0.2) is 9.97 Å². The number of rotatable bonds is 7. The Labute approximate surface area is 450 Å². The van der Waals surface area contributed by atoms with Crippen LogP contribution < -0.4 is 0 Å². The first-order valence-corrected chi connectivity index (χ1v) is 27.0. The number of aryl methyl sites for hydroxylation is 4. The Morgan fingerprint density at radius 2 is 0.558 bits per heavy atom. The van der Waals surface area contributed by atoms with Crippen LogP contribution in [0.3, 0.4) is 0 Å². The second-order valence-electron chi connectivity index (χ2n) is 21.8. The maximum Gasteiger partial charge on any atom is 0.0975 e. The second kappa shape index (κ2) is 18.3. The van der Waals surface area contributed by atoms with Gasteiger partial charge in [0.1, 0.15) is 0 Å². The van der Waals surface area contributed by atoms with Crippen molar-refractivity contribution in [1.82, 2.24) is 9.97 Å². The van der Waals surface area contributed by atoms with Gasteiger partial charge in [-0.1, -0.05) is 184 Å². The SMILES string of the molecule is Cc1cc2ccc3ccc(-c4cccc(-c5cccc(-c6ccc7c(c6)c6cc(-c8cccc(-c9cccc(-c%10ccc%11ccc%12cc(C)c(C)cc%12c%11c%10)c9)c8)ccc6c6nc(C(C)C)cnc76)c5)c4)cc3c2cc1C. The molecule has 0 unspecified atom stereocenters. The Hall–Kier alpha value is -9.24. The largest absolute Gasteiger partial charge is 0.252 e. The van der Waals surface area contributed by atoms with Gasteiger partial charge in [0.2, 0.25) is 0 Å². The maximum absolute atomic E-state index is 5.31. The molecule has 0 radical (unpaired) electrons. The van der Waals surface area contributed by atoms with E-state index in [1.807, 2.05) is 6.20 Å². The maximum atomic E-state index is 5.31. The lowest BCUT2D eigenvalue weighted by molar-refractivity contribution is 0.822. The predicted octanol–water partition coefficient (Wildman–Crippen LogP) is 20.9. The summed E-state index contributed by atoms with van der Waals surface area (Å²) >= 11 is 0. The molecule has 0 bridgehead atoms. The molecular formula is C75H56N2. The van der Waals surface area contributed by atoms with Gasteiger partial charge in [0.15, 0.2) is 0 Å². The van der Waals surface area contributed by atoms with Crippen LogP contribution in [0, 0.1) is 27.7 Å². The lowest BCUT2D eigenvalue weighted by Crippen LogP contribution is -1.97. The van der Waals surface area contributed by atoms with Crippen molar-refractivity contribution in [2.75, 3.05) is 0 Å². The molecule has 2 heteroatoms. The van der Waals surface area contributed by atoms with Crippen molar-refractivity contribution in [1.29, 1.82) is 0 Å². The topological polar surface area (TPSA) is 25.8 Å². The molecule has 1 heterocycles. The van der Waals surface area contributed by atoms with Gasteiger partial charge >= 0.3 is 0 Å². The molecule has 2 nitrogen and oxygen atoms in total. The van der Waals surface area contributed by atoms with Crippen molar-refractivity contribution in [2.24, 2.45) is 0 Å². The monoisotopic (exact) mass is 984 g/mol. The average molecular weight is 985 g/mol. The van der Waals surface area contributed by atoms with Gasteiger partial charge in [-0.2, -0.15) is 0 Å². The van der Waals surface area contributed by atoms with Gasteiger partial charge in [0.25, 0.3) is 0 Å². The Kier molecular flexibility index (Phi) is 11.0. The van der Waals surface area contributed by atoms with Gasteiger partial charge in [-0.05, 0) is 225 Å². The van der Waals surface area contributed by atoms with E-state index in [1.54, 1.807) is 0 Å². The molecule has 77 heavy (non-hydrogen) atoms. The highest BCUT2D eigenvalue weighted by Gasteiger charge is 2.17. The molecule has 13 aromatic carbocycles. The summed E-state index contributed by atoms with van der Waals surface area (Å²) in [4.78, 5) is 10.4. The number of benzene rings is 13. The smallest absolute Gasteiger partial charge is 0.0975 e. The number of hydrogen-bond donors (Lipinski definition) is 0. The molecule has 14 aromatic rings. The molecule has 0 spiro atoms. The molecular weight excluding hydrogens is 929 g/mol. The fourth-order valence-corrected chi connectivity index (χ4v) is 11.9. The van der Waals surface area contributed by atoms with Crippen molar-refractivity contribution in [3.05, 3.63) is 253 Å². The Morgan fingerprint density at radius 3 is 0.948 bits per heavy atom. The van der Waals surface area contributed by atoms with E-state index in [2.05, 4.69) is 260 Å². The molecule has 0 amide bonds. The van der Waals surface area contributed by atoms with Crippen LogP contribution in [0.5, 0.6) is 0 Å². The lowest BCUT2D eigenvalue weighted by Gasteiger charge is -2.15. The average Bonchev–Trinajstić information content (AvgIpc) is 3.56. The molecule has 0 atom stereocenters. The van der Waals surface area contributed by atoms with E-state index in [-0.39, 0.29) is 5.92 Å². The molecule has 0 saturated heterocycles. The summed E-state index contributed by atoms with van der Waals surface area (Å²) in [6, 6.07) is 81.9. The summed E-state index contributed by atoms with van der Waals surface area (Å²) in [6.07, 6.45) is 1.96. The molecule has 0 aliphatic heterocycles. The highest BCUT2D eigenvalue weighted by atomic mass is 14.8. The first-order chi connectivity index (χ1) is 37.6. The first kappa shape index (κ1) is 46.3. The van der Waals surface area contributed by atoms with Gasteiger partial charge in [0, 0.05) is 17.0 Å². The van der Waals surface area contributed by atoms with E-state index in [1.165, 1.54) is 126 Å². The van der Waals surface area contributed by atoms with Crippen LogP contribution in [0.1, 0.15) is 47.7 Å². The fraction of sp³-hybridized carbons (Fsp3) is 0.0933. The van der Waals surface area contributed by atoms with Gasteiger partial charge in [-0.25, -0.2) is 4.98 Å². The molecule has 0 N–H and O–H groups in total. The fourth-order valence-electron chi connectivity index (χ4n) is 11.9. The van der Waals surface area contributed by atoms with E-state index >= 15 is 0 Å². The zero-order valence-electron chi connectivity index (χ0n) is 44.3. The van der Waals surface area contributed by atoms with Crippen molar-refractivity contribution < 1.29 is 0 Å². The normalized spacial score (nSPS) is 11.9. The minimum atomic E-state index is 0.254. The summed E-state index contributed by atoms with van der Waals surface area (Å²) in [5.74, 6) is 0.254. The third-order valence-electron chi connectivity index (χ3n) is 16.6. The zero-order valence-corrected chi connectivity index (χ0v) is 44.3. The van der Waals surface area contributed by atoms with E-state index in [4.69, 9.17) is 9.97 Å². The summed E-state index contributed by atoms with van der Waals surface area (Å²) in [5, 5.41) is 14.8. The van der Waals surface area contributed by atoms with E-state index in [9.17, 15) is 0 Å². The van der Waals surface area contributed by atoms with Crippen LogP contribution in [0.15, 0.2) is 225 Å². The quantitative estimate of drug-likeness (QED) is 0.149. The van der Waals surface area contributed by atoms with Crippen LogP contribution >= 0.6 is 0 Å². The van der Waals surface area contributed by atoms with E-state index in [0.717, 1.165) is 44.0 Å². The highest BCUT2D eigenvalue weighted by Crippen LogP contribution is 2.41. The second-order valence-corrected chi connectivity index (χ2v) is 21.8. The van der Waals surface area contributed by atoms with Crippen molar-refractivity contribution in [3.8, 4) is 66.8 Å².